The molecule has 0 saturated heterocycles. The maximum atomic E-state index is 12.4. The Balaban J connectivity index is 1.69. The summed E-state index contributed by atoms with van der Waals surface area (Å²) in [6.07, 6.45) is -4.17. The normalized spacial score (nSPS) is 15.7. The van der Waals surface area contributed by atoms with Crippen LogP contribution < -0.4 is 0 Å². The molecule has 1 aromatic heterocycles. The van der Waals surface area contributed by atoms with Gasteiger partial charge in [-0.2, -0.15) is 13.2 Å². The second kappa shape index (κ2) is 6.35. The molecule has 0 N–H and O–H groups in total. The van der Waals surface area contributed by atoms with Crippen LogP contribution in [0.25, 0.3) is 0 Å². The van der Waals surface area contributed by atoms with Crippen LogP contribution >= 0.6 is 0 Å². The number of hydrogen-bond acceptors (Lipinski definition) is 2. The van der Waals surface area contributed by atoms with Crippen molar-refractivity contribution in [3.05, 3.63) is 53.1 Å². The van der Waals surface area contributed by atoms with Crippen molar-refractivity contribution in [3.63, 3.8) is 0 Å². The number of aryl methyl sites for hydroxylation is 1. The molecule has 0 unspecified atom stereocenters. The van der Waals surface area contributed by atoms with Crippen LogP contribution in [0.5, 0.6) is 0 Å². The van der Waals surface area contributed by atoms with Gasteiger partial charge < -0.3 is 4.57 Å². The Morgan fingerprint density at radius 2 is 1.91 bits per heavy atom. The molecular formula is C17H20F3N3. The van der Waals surface area contributed by atoms with Crippen LogP contribution in [0.15, 0.2) is 30.3 Å². The molecule has 0 amide bonds. The molecule has 0 saturated carbocycles. The smallest absolute Gasteiger partial charge is 0.335 e. The lowest BCUT2D eigenvalue weighted by Gasteiger charge is -2.26. The molecular weight excluding hydrogens is 303 g/mol. The summed E-state index contributed by atoms with van der Waals surface area (Å²) in [5, 5.41) is 0. The van der Waals surface area contributed by atoms with Crippen molar-refractivity contribution in [2.75, 3.05) is 6.54 Å². The van der Waals surface area contributed by atoms with Crippen LogP contribution in [0.4, 0.5) is 13.2 Å². The molecule has 6 heteroatoms. The van der Waals surface area contributed by atoms with Gasteiger partial charge in [0.2, 0.25) is 0 Å². The minimum Gasteiger partial charge on any atom is -0.335 e. The summed E-state index contributed by atoms with van der Waals surface area (Å²) in [5.41, 5.74) is 3.24. The maximum absolute atomic E-state index is 12.4. The molecule has 3 rings (SSSR count). The molecule has 2 heterocycles. The third-order valence-electron chi connectivity index (χ3n) is 4.31. The van der Waals surface area contributed by atoms with Gasteiger partial charge >= 0.3 is 6.18 Å². The number of rotatable bonds is 4. The molecule has 0 aliphatic carbocycles. The summed E-state index contributed by atoms with van der Waals surface area (Å²) >= 11 is 0. The summed E-state index contributed by atoms with van der Waals surface area (Å²) in [4.78, 5) is 6.76. The van der Waals surface area contributed by atoms with E-state index in [9.17, 15) is 13.2 Å². The number of imidazole rings is 1. The fourth-order valence-electron chi connectivity index (χ4n) is 3.09. The van der Waals surface area contributed by atoms with Crippen LogP contribution in [-0.2, 0) is 33.0 Å². The van der Waals surface area contributed by atoms with Crippen molar-refractivity contribution in [3.8, 4) is 0 Å². The number of hydrogen-bond donors (Lipinski definition) is 0. The van der Waals surface area contributed by atoms with Crippen LogP contribution in [0.1, 0.15) is 29.2 Å². The predicted molar refractivity (Wildman–Crippen MR) is 81.8 cm³/mol. The van der Waals surface area contributed by atoms with Crippen molar-refractivity contribution in [1.29, 1.82) is 0 Å². The summed E-state index contributed by atoms with van der Waals surface area (Å²) in [6, 6.07) is 10.2. The lowest BCUT2D eigenvalue weighted by Crippen LogP contribution is -2.30. The van der Waals surface area contributed by atoms with Crippen LogP contribution in [0, 0.1) is 0 Å². The molecule has 0 bridgehead atoms. The number of aromatic nitrogens is 2. The molecule has 0 radical (unpaired) electrons. The standard InChI is InChI=1S/C17H20F3N3/c1-22-15-8-10-23(11-13-5-3-2-4-6-13)12-14(15)21-16(22)7-9-17(18,19)20/h2-6H,7-12H2,1H3. The largest absolute Gasteiger partial charge is 0.389 e. The highest BCUT2D eigenvalue weighted by atomic mass is 19.4. The fourth-order valence-corrected chi connectivity index (χ4v) is 3.09. The summed E-state index contributed by atoms with van der Waals surface area (Å²) in [6.45, 7) is 2.44. The Morgan fingerprint density at radius 3 is 2.61 bits per heavy atom. The van der Waals surface area contributed by atoms with Gasteiger partial charge in [-0.05, 0) is 5.56 Å². The van der Waals surface area contributed by atoms with Gasteiger partial charge in [-0.15, -0.1) is 0 Å². The molecule has 23 heavy (non-hydrogen) atoms. The van der Waals surface area contributed by atoms with E-state index < -0.39 is 12.6 Å². The number of nitrogens with zero attached hydrogens (tertiary/aromatic N) is 3. The Morgan fingerprint density at radius 1 is 1.17 bits per heavy atom. The van der Waals surface area contributed by atoms with E-state index in [4.69, 9.17) is 0 Å². The highest BCUT2D eigenvalue weighted by molar-refractivity contribution is 5.21. The van der Waals surface area contributed by atoms with Crippen molar-refractivity contribution in [1.82, 2.24) is 14.5 Å². The number of benzene rings is 1. The minimum atomic E-state index is -4.13. The lowest BCUT2D eigenvalue weighted by molar-refractivity contribution is -0.134. The van der Waals surface area contributed by atoms with E-state index in [0.29, 0.717) is 12.4 Å². The second-order valence-corrected chi connectivity index (χ2v) is 6.04. The highest BCUT2D eigenvalue weighted by Crippen LogP contribution is 2.25. The van der Waals surface area contributed by atoms with E-state index in [1.165, 1.54) is 5.56 Å². The molecule has 3 nitrogen and oxygen atoms in total. The van der Waals surface area contributed by atoms with Gasteiger partial charge in [0.25, 0.3) is 0 Å². The zero-order valence-corrected chi connectivity index (χ0v) is 13.1. The van der Waals surface area contributed by atoms with E-state index in [1.807, 2.05) is 29.8 Å². The van der Waals surface area contributed by atoms with Gasteiger partial charge in [0.05, 0.1) is 12.1 Å². The van der Waals surface area contributed by atoms with Crippen molar-refractivity contribution >= 4 is 0 Å². The fraction of sp³-hybridized carbons (Fsp3) is 0.471. The van der Waals surface area contributed by atoms with E-state index >= 15 is 0 Å². The molecule has 124 valence electrons. The Kier molecular flexibility index (Phi) is 4.43. The monoisotopic (exact) mass is 323 g/mol. The molecule has 1 aromatic carbocycles. The van der Waals surface area contributed by atoms with Gasteiger partial charge in [-0.25, -0.2) is 4.98 Å². The van der Waals surface area contributed by atoms with E-state index in [2.05, 4.69) is 22.0 Å². The predicted octanol–water partition coefficient (Wildman–Crippen LogP) is 3.47. The zero-order valence-electron chi connectivity index (χ0n) is 13.1. The number of fused-ring (bicyclic) bond motifs is 1. The van der Waals surface area contributed by atoms with Crippen LogP contribution in [0.2, 0.25) is 0 Å². The molecule has 1 aliphatic heterocycles. The zero-order chi connectivity index (χ0) is 16.4. The molecule has 0 atom stereocenters. The highest BCUT2D eigenvalue weighted by Gasteiger charge is 2.29. The quantitative estimate of drug-likeness (QED) is 0.859. The van der Waals surface area contributed by atoms with E-state index in [-0.39, 0.29) is 6.42 Å². The number of halogens is 3. The van der Waals surface area contributed by atoms with E-state index in [1.54, 1.807) is 0 Å². The third kappa shape index (κ3) is 3.93. The molecule has 0 fully saturated rings. The Hall–Kier alpha value is -1.82. The topological polar surface area (TPSA) is 21.1 Å². The van der Waals surface area contributed by atoms with Gasteiger partial charge in [0.15, 0.2) is 0 Å². The third-order valence-corrected chi connectivity index (χ3v) is 4.31. The first kappa shape index (κ1) is 16.1. The summed E-state index contributed by atoms with van der Waals surface area (Å²) in [7, 11) is 1.82. The first-order valence-corrected chi connectivity index (χ1v) is 7.79. The van der Waals surface area contributed by atoms with Gasteiger partial charge in [0, 0.05) is 45.2 Å². The molecule has 1 aliphatic rings. The Bertz CT molecular complexity index is 662. The van der Waals surface area contributed by atoms with Crippen LogP contribution in [0.3, 0.4) is 0 Å². The van der Waals surface area contributed by atoms with Crippen molar-refractivity contribution in [2.24, 2.45) is 7.05 Å². The second-order valence-electron chi connectivity index (χ2n) is 6.04. The summed E-state index contributed by atoms with van der Waals surface area (Å²) in [5.74, 6) is 0.536. The van der Waals surface area contributed by atoms with Crippen molar-refractivity contribution < 1.29 is 13.2 Å². The molecule has 2 aromatic rings. The average molecular weight is 323 g/mol. The first-order chi connectivity index (χ1) is 10.9. The lowest BCUT2D eigenvalue weighted by atomic mass is 10.1. The van der Waals surface area contributed by atoms with Gasteiger partial charge in [0.1, 0.15) is 5.82 Å². The number of alkyl halides is 3. The summed E-state index contributed by atoms with van der Waals surface area (Å²) < 4.78 is 39.1. The maximum Gasteiger partial charge on any atom is 0.389 e. The van der Waals surface area contributed by atoms with Gasteiger partial charge in [-0.1, -0.05) is 30.3 Å². The van der Waals surface area contributed by atoms with Crippen molar-refractivity contribution in [2.45, 2.75) is 38.5 Å². The van der Waals surface area contributed by atoms with E-state index in [0.717, 1.165) is 30.9 Å². The minimum absolute atomic E-state index is 0.0499. The SMILES string of the molecule is Cn1c(CCC(F)(F)F)nc2c1CCN(Cc1ccccc1)C2. The molecule has 0 spiro atoms. The van der Waals surface area contributed by atoms with Crippen LogP contribution in [-0.4, -0.2) is 27.2 Å². The Labute approximate surface area is 133 Å². The van der Waals surface area contributed by atoms with Gasteiger partial charge in [-0.3, -0.25) is 4.90 Å². The first-order valence-electron chi connectivity index (χ1n) is 7.79. The average Bonchev–Trinajstić information content (AvgIpc) is 2.81.